The number of esters is 1. The minimum absolute atomic E-state index is 0.491. The summed E-state index contributed by atoms with van der Waals surface area (Å²) in [6.07, 6.45) is -3.93. The standard InChI is InChI=1S/C8H13NO6/c1-3(11)9-5-6(13)7(4(12)2-10)15-8(5)14/h4-7,10,12-13H,2H2,1H3,(H,9,11)/t4-,5+,6+,7+/m1/s1. The third-order valence-electron chi connectivity index (χ3n) is 2.11. The highest BCUT2D eigenvalue weighted by Crippen LogP contribution is 2.18. The van der Waals surface area contributed by atoms with Gasteiger partial charge >= 0.3 is 5.97 Å². The molecule has 1 aliphatic rings. The Morgan fingerprint density at radius 3 is 2.73 bits per heavy atom. The number of hydrogen-bond donors (Lipinski definition) is 4. The lowest BCUT2D eigenvalue weighted by Crippen LogP contribution is -2.47. The highest BCUT2D eigenvalue weighted by molar-refractivity contribution is 5.85. The number of nitrogens with one attached hydrogen (secondary N) is 1. The summed E-state index contributed by atoms with van der Waals surface area (Å²) in [5.74, 6) is -1.31. The number of aliphatic hydroxyl groups excluding tert-OH is 3. The van der Waals surface area contributed by atoms with E-state index in [1.54, 1.807) is 0 Å². The van der Waals surface area contributed by atoms with Crippen molar-refractivity contribution in [3.05, 3.63) is 0 Å². The fraction of sp³-hybridized carbons (Fsp3) is 0.750. The summed E-state index contributed by atoms with van der Waals surface area (Å²) in [4.78, 5) is 21.9. The topological polar surface area (TPSA) is 116 Å². The minimum Gasteiger partial charge on any atom is -0.455 e. The Morgan fingerprint density at radius 2 is 2.27 bits per heavy atom. The van der Waals surface area contributed by atoms with E-state index in [4.69, 9.17) is 5.11 Å². The Hall–Kier alpha value is -1.18. The fourth-order valence-electron chi connectivity index (χ4n) is 1.38. The van der Waals surface area contributed by atoms with Crippen LogP contribution >= 0.6 is 0 Å². The van der Waals surface area contributed by atoms with Gasteiger partial charge in [-0.1, -0.05) is 0 Å². The lowest BCUT2D eigenvalue weighted by atomic mass is 10.0. The second-order valence-corrected chi connectivity index (χ2v) is 3.32. The SMILES string of the molecule is CC(=O)N[C@@H]1C(=O)O[C@@H]([C@H](O)CO)[C@H]1O. The molecule has 1 heterocycles. The summed E-state index contributed by atoms with van der Waals surface area (Å²) in [5, 5.41) is 29.6. The first-order chi connectivity index (χ1) is 6.97. The number of ether oxygens (including phenoxy) is 1. The van der Waals surface area contributed by atoms with Crippen LogP contribution in [-0.2, 0) is 14.3 Å². The lowest BCUT2D eigenvalue weighted by Gasteiger charge is -2.18. The van der Waals surface area contributed by atoms with Crippen LogP contribution in [0.1, 0.15) is 6.92 Å². The summed E-state index contributed by atoms with van der Waals surface area (Å²) >= 11 is 0. The number of amides is 1. The van der Waals surface area contributed by atoms with Gasteiger partial charge in [0.2, 0.25) is 5.91 Å². The Kier molecular flexibility index (Phi) is 3.61. The van der Waals surface area contributed by atoms with E-state index >= 15 is 0 Å². The van der Waals surface area contributed by atoms with Gasteiger partial charge < -0.3 is 25.4 Å². The van der Waals surface area contributed by atoms with Crippen LogP contribution in [0.3, 0.4) is 0 Å². The zero-order valence-corrected chi connectivity index (χ0v) is 8.08. The Morgan fingerprint density at radius 1 is 1.67 bits per heavy atom. The van der Waals surface area contributed by atoms with Gasteiger partial charge in [-0.25, -0.2) is 4.79 Å². The van der Waals surface area contributed by atoms with Crippen molar-refractivity contribution in [2.24, 2.45) is 0 Å². The van der Waals surface area contributed by atoms with Gasteiger partial charge in [-0.15, -0.1) is 0 Å². The van der Waals surface area contributed by atoms with Crippen LogP contribution in [0.2, 0.25) is 0 Å². The number of carbonyl (C=O) groups is 2. The van der Waals surface area contributed by atoms with Gasteiger partial charge in [0.15, 0.2) is 12.1 Å². The molecule has 1 rings (SSSR count). The molecule has 1 amide bonds. The molecular weight excluding hydrogens is 206 g/mol. The van der Waals surface area contributed by atoms with E-state index in [1.807, 2.05) is 0 Å². The molecule has 4 atom stereocenters. The Bertz CT molecular complexity index is 268. The average molecular weight is 219 g/mol. The summed E-state index contributed by atoms with van der Waals surface area (Å²) < 4.78 is 4.63. The van der Waals surface area contributed by atoms with Crippen molar-refractivity contribution in [3.8, 4) is 0 Å². The van der Waals surface area contributed by atoms with Gasteiger partial charge in [0.1, 0.15) is 12.2 Å². The summed E-state index contributed by atoms with van der Waals surface area (Å²) in [6, 6.07) is -1.19. The minimum atomic E-state index is -1.36. The van der Waals surface area contributed by atoms with E-state index in [0.29, 0.717) is 0 Å². The molecule has 1 saturated heterocycles. The Balaban J connectivity index is 2.69. The molecule has 0 aromatic heterocycles. The molecule has 0 unspecified atom stereocenters. The van der Waals surface area contributed by atoms with E-state index in [1.165, 1.54) is 6.92 Å². The third kappa shape index (κ3) is 2.44. The van der Waals surface area contributed by atoms with E-state index in [-0.39, 0.29) is 0 Å². The molecule has 0 radical (unpaired) electrons. The van der Waals surface area contributed by atoms with E-state index in [0.717, 1.165) is 0 Å². The van der Waals surface area contributed by atoms with E-state index in [2.05, 4.69) is 10.1 Å². The highest BCUT2D eigenvalue weighted by Gasteiger charge is 2.47. The average Bonchev–Trinajstić information content (AvgIpc) is 2.44. The van der Waals surface area contributed by atoms with Gasteiger partial charge in [-0.3, -0.25) is 4.79 Å². The van der Waals surface area contributed by atoms with Gasteiger partial charge in [-0.2, -0.15) is 0 Å². The van der Waals surface area contributed by atoms with Crippen LogP contribution in [0.15, 0.2) is 0 Å². The smallest absolute Gasteiger partial charge is 0.331 e. The molecule has 7 nitrogen and oxygen atoms in total. The van der Waals surface area contributed by atoms with Crippen LogP contribution in [0.5, 0.6) is 0 Å². The predicted octanol–water partition coefficient (Wildman–Crippen LogP) is -2.87. The van der Waals surface area contributed by atoms with Crippen molar-refractivity contribution in [2.75, 3.05) is 6.61 Å². The largest absolute Gasteiger partial charge is 0.455 e. The molecule has 7 heteroatoms. The zero-order chi connectivity index (χ0) is 11.6. The zero-order valence-electron chi connectivity index (χ0n) is 8.08. The van der Waals surface area contributed by atoms with Crippen molar-refractivity contribution in [1.29, 1.82) is 0 Å². The molecule has 0 bridgehead atoms. The quantitative estimate of drug-likeness (QED) is 0.379. The number of rotatable bonds is 3. The van der Waals surface area contributed by atoms with Gasteiger partial charge in [-0.05, 0) is 0 Å². The maximum absolute atomic E-state index is 11.2. The fourth-order valence-corrected chi connectivity index (χ4v) is 1.38. The van der Waals surface area contributed by atoms with Gasteiger partial charge in [0.05, 0.1) is 6.61 Å². The second-order valence-electron chi connectivity index (χ2n) is 3.32. The van der Waals surface area contributed by atoms with Crippen LogP contribution < -0.4 is 5.32 Å². The van der Waals surface area contributed by atoms with Crippen molar-refractivity contribution in [3.63, 3.8) is 0 Å². The van der Waals surface area contributed by atoms with Crippen LogP contribution in [0, 0.1) is 0 Å². The highest BCUT2D eigenvalue weighted by atomic mass is 16.6. The first-order valence-corrected chi connectivity index (χ1v) is 4.42. The molecular formula is C8H13NO6. The summed E-state index contributed by atoms with van der Waals surface area (Å²) in [6.45, 7) is 0.553. The molecule has 86 valence electrons. The normalized spacial score (nSPS) is 32.3. The predicted molar refractivity (Wildman–Crippen MR) is 46.6 cm³/mol. The number of hydrogen-bond acceptors (Lipinski definition) is 6. The maximum atomic E-state index is 11.2. The van der Waals surface area contributed by atoms with E-state index < -0.39 is 42.8 Å². The van der Waals surface area contributed by atoms with Crippen LogP contribution in [0.25, 0.3) is 0 Å². The summed E-state index contributed by atoms with van der Waals surface area (Å²) in [5.41, 5.74) is 0. The molecule has 1 fully saturated rings. The monoisotopic (exact) mass is 219 g/mol. The van der Waals surface area contributed by atoms with Crippen LogP contribution in [0.4, 0.5) is 0 Å². The van der Waals surface area contributed by atoms with Gasteiger partial charge in [0, 0.05) is 6.92 Å². The molecule has 0 saturated carbocycles. The number of cyclic esters (lactones) is 1. The molecule has 0 spiro atoms. The second kappa shape index (κ2) is 4.56. The van der Waals surface area contributed by atoms with Crippen molar-refractivity contribution < 1.29 is 29.6 Å². The molecule has 0 aromatic rings. The van der Waals surface area contributed by atoms with Crippen molar-refractivity contribution >= 4 is 11.9 Å². The first-order valence-electron chi connectivity index (χ1n) is 4.42. The molecule has 1 aliphatic heterocycles. The Labute approximate surface area is 85.7 Å². The molecule has 0 aromatic carbocycles. The summed E-state index contributed by atoms with van der Waals surface area (Å²) in [7, 11) is 0. The van der Waals surface area contributed by atoms with Crippen LogP contribution in [-0.4, -0.2) is 58.2 Å². The molecule has 0 aliphatic carbocycles. The third-order valence-corrected chi connectivity index (χ3v) is 2.11. The van der Waals surface area contributed by atoms with Crippen molar-refractivity contribution in [1.82, 2.24) is 5.32 Å². The maximum Gasteiger partial charge on any atom is 0.331 e. The lowest BCUT2D eigenvalue weighted by molar-refractivity contribution is -0.149. The molecule has 15 heavy (non-hydrogen) atoms. The van der Waals surface area contributed by atoms with E-state index in [9.17, 15) is 19.8 Å². The number of aliphatic hydroxyl groups is 3. The molecule has 4 N–H and O–H groups in total. The number of carbonyl (C=O) groups excluding carboxylic acids is 2. The van der Waals surface area contributed by atoms with Crippen molar-refractivity contribution in [2.45, 2.75) is 31.3 Å². The first kappa shape index (κ1) is 11.9. The van der Waals surface area contributed by atoms with Gasteiger partial charge in [0.25, 0.3) is 0 Å².